The first-order chi connectivity index (χ1) is 16.2. The van der Waals surface area contributed by atoms with Gasteiger partial charge in [-0.05, 0) is 37.1 Å². The Kier molecular flexibility index (Phi) is 7.82. The largest absolute Gasteiger partial charge is 0.508 e. The van der Waals surface area contributed by atoms with Gasteiger partial charge in [0.25, 0.3) is 5.91 Å². The first-order valence-electron chi connectivity index (χ1n) is 10.1. The second kappa shape index (κ2) is 10.8. The van der Waals surface area contributed by atoms with Crippen molar-refractivity contribution in [1.29, 1.82) is 0 Å². The lowest BCUT2D eigenvalue weighted by molar-refractivity contribution is -0.137. The Morgan fingerprint density at radius 1 is 1.12 bits per heavy atom. The molecule has 0 unspecified atom stereocenters. The van der Waals surface area contributed by atoms with Crippen LogP contribution < -0.4 is 15.0 Å². The molecule has 8 nitrogen and oxygen atoms in total. The van der Waals surface area contributed by atoms with E-state index in [2.05, 4.69) is 25.4 Å². The van der Waals surface area contributed by atoms with Gasteiger partial charge in [-0.2, -0.15) is 23.4 Å². The van der Waals surface area contributed by atoms with E-state index in [1.54, 1.807) is 12.3 Å². The number of carbonyl (C=O) groups excluding carboxylic acids is 1. The number of phenolic OH excluding ortho intramolecular Hbond substituents is 1. The van der Waals surface area contributed by atoms with E-state index in [0.29, 0.717) is 35.3 Å². The summed E-state index contributed by atoms with van der Waals surface area (Å²) in [6, 6.07) is 4.93. The number of anilines is 2. The van der Waals surface area contributed by atoms with Gasteiger partial charge in [0.15, 0.2) is 0 Å². The average molecular weight is 479 g/mol. The molecule has 1 aromatic carbocycles. The number of hydrogen-bond donors (Lipinski definition) is 2. The molecule has 1 amide bonds. The van der Waals surface area contributed by atoms with Gasteiger partial charge in [-0.25, -0.2) is 9.37 Å². The minimum absolute atomic E-state index is 0.264. The van der Waals surface area contributed by atoms with Gasteiger partial charge in [0.1, 0.15) is 17.1 Å². The monoisotopic (exact) mass is 479 g/mol. The van der Waals surface area contributed by atoms with Crippen molar-refractivity contribution in [1.82, 2.24) is 15.2 Å². The van der Waals surface area contributed by atoms with Crippen molar-refractivity contribution in [2.24, 2.45) is 0 Å². The fourth-order valence-corrected chi connectivity index (χ4v) is 3.32. The van der Waals surface area contributed by atoms with Gasteiger partial charge in [0.2, 0.25) is 5.88 Å². The second-order valence-corrected chi connectivity index (χ2v) is 7.19. The number of benzene rings is 1. The molecule has 1 saturated heterocycles. The van der Waals surface area contributed by atoms with E-state index < -0.39 is 23.3 Å². The number of aromatic hydroxyl groups is 1. The van der Waals surface area contributed by atoms with Crippen molar-refractivity contribution in [2.75, 3.05) is 30.4 Å². The molecule has 3 aromatic rings. The number of ether oxygens (including phenoxy) is 1. The van der Waals surface area contributed by atoms with Crippen LogP contribution >= 0.6 is 0 Å². The molecule has 0 radical (unpaired) electrons. The normalized spacial score (nSPS) is 13.1. The summed E-state index contributed by atoms with van der Waals surface area (Å²) in [5.74, 6) is -1.78. The summed E-state index contributed by atoms with van der Waals surface area (Å²) < 4.78 is 53.2. The van der Waals surface area contributed by atoms with Crippen molar-refractivity contribution < 1.29 is 32.2 Å². The van der Waals surface area contributed by atoms with Crippen molar-refractivity contribution >= 4 is 17.3 Å². The molecule has 34 heavy (non-hydrogen) atoms. The third-order valence-electron chi connectivity index (χ3n) is 4.81. The maximum atomic E-state index is 12.7. The number of hydrogen-bond acceptors (Lipinski definition) is 7. The molecule has 0 bridgehead atoms. The number of nitrogens with zero attached hydrogens (tertiary/aromatic N) is 4. The van der Waals surface area contributed by atoms with E-state index in [4.69, 9.17) is 9.84 Å². The Morgan fingerprint density at radius 2 is 1.85 bits per heavy atom. The van der Waals surface area contributed by atoms with Gasteiger partial charge >= 0.3 is 6.18 Å². The molecule has 0 atom stereocenters. The number of methoxy groups -OCH3 is 1. The summed E-state index contributed by atoms with van der Waals surface area (Å²) in [6.45, 7) is 1.87. The van der Waals surface area contributed by atoms with Gasteiger partial charge in [-0.3, -0.25) is 4.79 Å². The van der Waals surface area contributed by atoms with E-state index >= 15 is 0 Å². The molecule has 0 spiro atoms. The van der Waals surface area contributed by atoms with Gasteiger partial charge < -0.3 is 20.1 Å². The van der Waals surface area contributed by atoms with Crippen molar-refractivity contribution in [3.63, 3.8) is 0 Å². The Hall–Kier alpha value is -3.96. The van der Waals surface area contributed by atoms with Gasteiger partial charge in [-0.1, -0.05) is 0 Å². The molecule has 0 saturated carbocycles. The van der Waals surface area contributed by atoms with Gasteiger partial charge in [0.05, 0.1) is 36.4 Å². The number of alkyl halides is 3. The van der Waals surface area contributed by atoms with Gasteiger partial charge in [0, 0.05) is 25.4 Å². The highest BCUT2D eigenvalue weighted by molar-refractivity contribution is 6.09. The maximum Gasteiger partial charge on any atom is 0.416 e. The number of amides is 1. The fraction of sp³-hybridized carbons (Fsp3) is 0.273. The van der Waals surface area contributed by atoms with Crippen LogP contribution in [0.4, 0.5) is 28.9 Å². The third kappa shape index (κ3) is 6.30. The zero-order chi connectivity index (χ0) is 24.7. The number of carbonyl (C=O) groups is 1. The van der Waals surface area contributed by atoms with E-state index in [0.717, 1.165) is 31.6 Å². The van der Waals surface area contributed by atoms with E-state index in [1.165, 1.54) is 19.5 Å². The molecular weight excluding hydrogens is 458 g/mol. The lowest BCUT2D eigenvalue weighted by Crippen LogP contribution is -2.24. The lowest BCUT2D eigenvalue weighted by atomic mass is 10.2. The van der Waals surface area contributed by atoms with Gasteiger partial charge in [-0.15, -0.1) is 0 Å². The molecule has 0 aliphatic carbocycles. The summed E-state index contributed by atoms with van der Waals surface area (Å²) in [5.41, 5.74) is 0.686. The van der Waals surface area contributed by atoms with Crippen LogP contribution in [0.5, 0.6) is 11.6 Å². The highest BCUT2D eigenvalue weighted by atomic mass is 19.4. The first kappa shape index (κ1) is 24.7. The smallest absolute Gasteiger partial charge is 0.416 e. The molecule has 2 N–H and O–H groups in total. The number of rotatable bonds is 4. The highest BCUT2D eigenvalue weighted by Gasteiger charge is 2.31. The molecule has 12 heteroatoms. The van der Waals surface area contributed by atoms with Crippen LogP contribution in [-0.2, 0) is 6.18 Å². The highest BCUT2D eigenvalue weighted by Crippen LogP contribution is 2.32. The summed E-state index contributed by atoms with van der Waals surface area (Å²) in [7, 11) is 1.51. The van der Waals surface area contributed by atoms with Crippen molar-refractivity contribution in [2.45, 2.75) is 19.0 Å². The molecule has 1 aliphatic heterocycles. The molecule has 4 rings (SSSR count). The number of halogens is 4. The summed E-state index contributed by atoms with van der Waals surface area (Å²) >= 11 is 0. The van der Waals surface area contributed by atoms with Crippen LogP contribution in [0.2, 0.25) is 0 Å². The Balaban J connectivity index is 0.000000229. The van der Waals surface area contributed by atoms with Crippen LogP contribution in [0.3, 0.4) is 0 Å². The maximum absolute atomic E-state index is 12.7. The third-order valence-corrected chi connectivity index (χ3v) is 4.81. The molecule has 2 aromatic heterocycles. The fourth-order valence-electron chi connectivity index (χ4n) is 3.32. The summed E-state index contributed by atoms with van der Waals surface area (Å²) in [4.78, 5) is 19.0. The molecule has 180 valence electrons. The topological polar surface area (TPSA) is 100 Å². The van der Waals surface area contributed by atoms with Crippen LogP contribution in [0.15, 0.2) is 48.9 Å². The Morgan fingerprint density at radius 3 is 2.44 bits per heavy atom. The zero-order valence-electron chi connectivity index (χ0n) is 18.0. The number of pyridine rings is 1. The van der Waals surface area contributed by atoms with Crippen LogP contribution in [0, 0.1) is 5.82 Å². The predicted octanol–water partition coefficient (Wildman–Crippen LogP) is 4.28. The SMILES string of the molecule is COc1nccc(N2CCCC2)c1C(=O)Nc1ccnnc1.Oc1cc(F)cc(C(F)(F)F)c1. The quantitative estimate of drug-likeness (QED) is 0.539. The van der Waals surface area contributed by atoms with Crippen molar-refractivity contribution in [3.05, 3.63) is 65.9 Å². The zero-order valence-corrected chi connectivity index (χ0v) is 18.0. The lowest BCUT2D eigenvalue weighted by Gasteiger charge is -2.21. The molecular formula is C22H21F4N5O3. The summed E-state index contributed by atoms with van der Waals surface area (Å²) in [6.07, 6.45) is 2.31. The molecule has 1 fully saturated rings. The van der Waals surface area contributed by atoms with Crippen LogP contribution in [0.25, 0.3) is 0 Å². The Labute approximate surface area is 192 Å². The molecule has 3 heterocycles. The first-order valence-corrected chi connectivity index (χ1v) is 10.1. The number of phenols is 1. The van der Waals surface area contributed by atoms with E-state index in [1.807, 2.05) is 6.07 Å². The van der Waals surface area contributed by atoms with Crippen LogP contribution in [-0.4, -0.2) is 46.4 Å². The number of nitrogens with one attached hydrogen (secondary N) is 1. The Bertz CT molecular complexity index is 1100. The summed E-state index contributed by atoms with van der Waals surface area (Å²) in [5, 5.41) is 18.9. The molecule has 1 aliphatic rings. The average Bonchev–Trinajstić information content (AvgIpc) is 3.33. The van der Waals surface area contributed by atoms with Crippen molar-refractivity contribution in [3.8, 4) is 11.6 Å². The van der Waals surface area contributed by atoms with E-state index in [-0.39, 0.29) is 5.91 Å². The standard InChI is InChI=1S/C15H17N5O2.C7H4F4O/c1-22-15-13(14(21)19-11-4-7-17-18-10-11)12(5-6-16-15)20-8-2-3-9-20;8-5-1-4(7(9,10)11)2-6(12)3-5/h4-7,10H,2-3,8-9H2,1H3,(H,17,19,21);1-3,12H. The minimum Gasteiger partial charge on any atom is -0.508 e. The minimum atomic E-state index is -4.63. The number of aromatic nitrogens is 3. The van der Waals surface area contributed by atoms with Crippen LogP contribution in [0.1, 0.15) is 28.8 Å². The second-order valence-electron chi connectivity index (χ2n) is 7.19. The predicted molar refractivity (Wildman–Crippen MR) is 115 cm³/mol. The van der Waals surface area contributed by atoms with E-state index in [9.17, 15) is 22.4 Å².